The SMILES string of the molecule is COc1cc(C)cc(CC(N)C(=O)O)c1F. The third kappa shape index (κ3) is 2.70. The van der Waals surface area contributed by atoms with Gasteiger partial charge in [0.2, 0.25) is 0 Å². The monoisotopic (exact) mass is 227 g/mol. The van der Waals surface area contributed by atoms with Crippen LogP contribution in [0.25, 0.3) is 0 Å². The van der Waals surface area contributed by atoms with Crippen molar-refractivity contribution in [1.82, 2.24) is 0 Å². The van der Waals surface area contributed by atoms with Crippen LogP contribution in [0.5, 0.6) is 5.75 Å². The van der Waals surface area contributed by atoms with Crippen molar-refractivity contribution in [3.05, 3.63) is 29.1 Å². The second-order valence-electron chi connectivity index (χ2n) is 3.59. The predicted molar refractivity (Wildman–Crippen MR) is 57.0 cm³/mol. The highest BCUT2D eigenvalue weighted by Gasteiger charge is 2.17. The van der Waals surface area contributed by atoms with Crippen molar-refractivity contribution in [2.24, 2.45) is 5.73 Å². The lowest BCUT2D eigenvalue weighted by Crippen LogP contribution is -2.32. The summed E-state index contributed by atoms with van der Waals surface area (Å²) in [5, 5.41) is 8.65. The Morgan fingerprint density at radius 2 is 2.25 bits per heavy atom. The molecule has 4 nitrogen and oxygen atoms in total. The summed E-state index contributed by atoms with van der Waals surface area (Å²) in [6.45, 7) is 1.78. The minimum Gasteiger partial charge on any atom is -0.494 e. The second kappa shape index (κ2) is 4.94. The first-order valence-electron chi connectivity index (χ1n) is 4.77. The number of carboxylic acid groups (broad SMARTS) is 1. The van der Waals surface area contributed by atoms with Gasteiger partial charge in [0, 0.05) is 6.42 Å². The van der Waals surface area contributed by atoms with Gasteiger partial charge >= 0.3 is 5.97 Å². The van der Waals surface area contributed by atoms with Gasteiger partial charge in [0.25, 0.3) is 0 Å². The van der Waals surface area contributed by atoms with Crippen LogP contribution in [-0.2, 0) is 11.2 Å². The van der Waals surface area contributed by atoms with E-state index in [0.717, 1.165) is 5.56 Å². The third-order valence-electron chi connectivity index (χ3n) is 2.24. The number of aliphatic carboxylic acids is 1. The molecule has 0 aromatic heterocycles. The van der Waals surface area contributed by atoms with Crippen molar-refractivity contribution in [2.45, 2.75) is 19.4 Å². The highest BCUT2D eigenvalue weighted by molar-refractivity contribution is 5.73. The molecule has 0 aliphatic carbocycles. The van der Waals surface area contributed by atoms with E-state index in [1.807, 2.05) is 0 Å². The minimum absolute atomic E-state index is 0.0563. The Morgan fingerprint density at radius 1 is 1.62 bits per heavy atom. The smallest absolute Gasteiger partial charge is 0.320 e. The molecular formula is C11H14FNO3. The Morgan fingerprint density at radius 3 is 2.75 bits per heavy atom. The van der Waals surface area contributed by atoms with E-state index in [1.54, 1.807) is 19.1 Å². The number of rotatable bonds is 4. The van der Waals surface area contributed by atoms with Gasteiger partial charge in [-0.3, -0.25) is 4.79 Å². The van der Waals surface area contributed by atoms with Crippen LogP contribution in [0.4, 0.5) is 4.39 Å². The summed E-state index contributed by atoms with van der Waals surface area (Å²) in [5.74, 6) is -1.60. The summed E-state index contributed by atoms with van der Waals surface area (Å²) in [6.07, 6.45) is -0.0563. The highest BCUT2D eigenvalue weighted by atomic mass is 19.1. The van der Waals surface area contributed by atoms with Crippen molar-refractivity contribution < 1.29 is 19.0 Å². The van der Waals surface area contributed by atoms with Crippen molar-refractivity contribution in [2.75, 3.05) is 7.11 Å². The van der Waals surface area contributed by atoms with E-state index in [4.69, 9.17) is 15.6 Å². The summed E-state index contributed by atoms with van der Waals surface area (Å²) in [5.41, 5.74) is 6.41. The Labute approximate surface area is 92.8 Å². The van der Waals surface area contributed by atoms with Crippen LogP contribution in [0.1, 0.15) is 11.1 Å². The molecule has 1 rings (SSSR count). The van der Waals surface area contributed by atoms with Gasteiger partial charge in [0.1, 0.15) is 6.04 Å². The van der Waals surface area contributed by atoms with Crippen LogP contribution in [0.15, 0.2) is 12.1 Å². The summed E-state index contributed by atoms with van der Waals surface area (Å²) in [7, 11) is 1.36. The van der Waals surface area contributed by atoms with E-state index in [0.29, 0.717) is 0 Å². The molecule has 0 radical (unpaired) electrons. The maximum atomic E-state index is 13.7. The van der Waals surface area contributed by atoms with Gasteiger partial charge in [-0.1, -0.05) is 6.07 Å². The van der Waals surface area contributed by atoms with Crippen LogP contribution in [0.2, 0.25) is 0 Å². The molecule has 5 heteroatoms. The highest BCUT2D eigenvalue weighted by Crippen LogP contribution is 2.23. The number of halogens is 1. The molecule has 1 unspecified atom stereocenters. The molecular weight excluding hydrogens is 213 g/mol. The van der Waals surface area contributed by atoms with Gasteiger partial charge in [0.15, 0.2) is 11.6 Å². The lowest BCUT2D eigenvalue weighted by atomic mass is 10.0. The van der Waals surface area contributed by atoms with E-state index >= 15 is 0 Å². The van der Waals surface area contributed by atoms with Crippen molar-refractivity contribution in [3.8, 4) is 5.75 Å². The van der Waals surface area contributed by atoms with Crippen molar-refractivity contribution in [3.63, 3.8) is 0 Å². The fourth-order valence-corrected chi connectivity index (χ4v) is 1.43. The van der Waals surface area contributed by atoms with E-state index in [2.05, 4.69) is 0 Å². The molecule has 3 N–H and O–H groups in total. The van der Waals surface area contributed by atoms with Crippen LogP contribution < -0.4 is 10.5 Å². The number of nitrogens with two attached hydrogens (primary N) is 1. The first-order valence-corrected chi connectivity index (χ1v) is 4.77. The van der Waals surface area contributed by atoms with Crippen molar-refractivity contribution >= 4 is 5.97 Å². The Kier molecular flexibility index (Phi) is 3.84. The zero-order valence-electron chi connectivity index (χ0n) is 9.16. The summed E-state index contributed by atoms with van der Waals surface area (Å²) in [6, 6.07) is 2.01. The molecule has 0 aliphatic rings. The molecule has 0 spiro atoms. The first-order chi connectivity index (χ1) is 7.45. The largest absolute Gasteiger partial charge is 0.494 e. The topological polar surface area (TPSA) is 72.5 Å². The van der Waals surface area contributed by atoms with E-state index < -0.39 is 17.8 Å². The number of carboxylic acids is 1. The number of carbonyl (C=O) groups is 1. The molecule has 0 aliphatic heterocycles. The van der Waals surface area contributed by atoms with Crippen LogP contribution in [0, 0.1) is 12.7 Å². The van der Waals surface area contributed by atoms with Crippen LogP contribution in [-0.4, -0.2) is 24.2 Å². The van der Waals surface area contributed by atoms with Gasteiger partial charge in [-0.25, -0.2) is 4.39 Å². The van der Waals surface area contributed by atoms with Gasteiger partial charge in [-0.05, 0) is 24.1 Å². The van der Waals surface area contributed by atoms with E-state index in [-0.39, 0.29) is 17.7 Å². The standard InChI is InChI=1S/C11H14FNO3/c1-6-3-7(5-8(13)11(14)15)10(12)9(4-6)16-2/h3-4,8H,5,13H2,1-2H3,(H,14,15). The first kappa shape index (κ1) is 12.4. The van der Waals surface area contributed by atoms with Gasteiger partial charge in [0.05, 0.1) is 7.11 Å². The molecule has 0 heterocycles. The summed E-state index contributed by atoms with van der Waals surface area (Å²) in [4.78, 5) is 10.6. The number of aryl methyl sites for hydroxylation is 1. The van der Waals surface area contributed by atoms with Crippen molar-refractivity contribution in [1.29, 1.82) is 0 Å². The molecule has 0 saturated carbocycles. The maximum absolute atomic E-state index is 13.7. The van der Waals surface area contributed by atoms with Crippen LogP contribution >= 0.6 is 0 Å². The molecule has 0 bridgehead atoms. The van der Waals surface area contributed by atoms with Gasteiger partial charge < -0.3 is 15.6 Å². The molecule has 16 heavy (non-hydrogen) atoms. The fourth-order valence-electron chi connectivity index (χ4n) is 1.43. The third-order valence-corrected chi connectivity index (χ3v) is 2.24. The fraction of sp³-hybridized carbons (Fsp3) is 0.364. The number of hydrogen-bond donors (Lipinski definition) is 2. The molecule has 0 fully saturated rings. The molecule has 1 aromatic carbocycles. The molecule has 1 atom stereocenters. The molecule has 0 amide bonds. The zero-order valence-corrected chi connectivity index (χ0v) is 9.16. The quantitative estimate of drug-likeness (QED) is 0.807. The summed E-state index contributed by atoms with van der Waals surface area (Å²) >= 11 is 0. The molecule has 88 valence electrons. The van der Waals surface area contributed by atoms with E-state index in [9.17, 15) is 9.18 Å². The van der Waals surface area contributed by atoms with E-state index in [1.165, 1.54) is 7.11 Å². The lowest BCUT2D eigenvalue weighted by Gasteiger charge is -2.11. The predicted octanol–water partition coefficient (Wildman–Crippen LogP) is 1.10. The Balaban J connectivity index is 3.04. The summed E-state index contributed by atoms with van der Waals surface area (Å²) < 4.78 is 18.5. The number of benzene rings is 1. The number of ether oxygens (including phenoxy) is 1. The normalized spacial score (nSPS) is 12.2. The zero-order chi connectivity index (χ0) is 12.3. The van der Waals surface area contributed by atoms with Crippen LogP contribution in [0.3, 0.4) is 0 Å². The number of hydrogen-bond acceptors (Lipinski definition) is 3. The second-order valence-corrected chi connectivity index (χ2v) is 3.59. The lowest BCUT2D eigenvalue weighted by molar-refractivity contribution is -0.138. The minimum atomic E-state index is -1.15. The Bertz CT molecular complexity index is 406. The average molecular weight is 227 g/mol. The average Bonchev–Trinajstić information content (AvgIpc) is 2.22. The maximum Gasteiger partial charge on any atom is 0.320 e. The van der Waals surface area contributed by atoms with Gasteiger partial charge in [-0.2, -0.15) is 0 Å². The molecule has 0 saturated heterocycles. The Hall–Kier alpha value is -1.62. The number of methoxy groups -OCH3 is 1. The van der Waals surface area contributed by atoms with Gasteiger partial charge in [-0.15, -0.1) is 0 Å². The molecule has 1 aromatic rings.